The molecule has 0 aliphatic rings. The van der Waals surface area contributed by atoms with Gasteiger partial charge in [0.15, 0.2) is 0 Å². The molecule has 0 saturated carbocycles. The van der Waals surface area contributed by atoms with E-state index >= 15 is 0 Å². The predicted molar refractivity (Wildman–Crippen MR) is 108 cm³/mol. The van der Waals surface area contributed by atoms with Gasteiger partial charge in [0, 0.05) is 30.9 Å². The number of rotatable bonds is 4. The lowest BCUT2D eigenvalue weighted by atomic mass is 10.0. The summed E-state index contributed by atoms with van der Waals surface area (Å²) in [5, 5.41) is 8.99. The van der Waals surface area contributed by atoms with Gasteiger partial charge >= 0.3 is 0 Å². The van der Waals surface area contributed by atoms with Crippen molar-refractivity contribution in [3.63, 3.8) is 0 Å². The number of hydrogen-bond acceptors (Lipinski definition) is 3. The molecule has 0 bridgehead atoms. The van der Waals surface area contributed by atoms with Crippen molar-refractivity contribution in [3.05, 3.63) is 64.7 Å². The minimum atomic E-state index is -0.0953. The van der Waals surface area contributed by atoms with Gasteiger partial charge in [0.25, 0.3) is 5.91 Å². The molecule has 134 valence electrons. The standard InChI is InChI=1S/C23H21N3O/c1-5-13-26(4)23(27)22-12-11-19(15-18(22)2)9-7-14-25(3)21-10-6-8-20(16-21)17-24/h1,6,8,10-12,15-16H,13-14H2,2-4H3. The average Bonchev–Trinajstić information content (AvgIpc) is 2.67. The molecule has 2 rings (SSSR count). The third kappa shape index (κ3) is 5.15. The first-order chi connectivity index (χ1) is 13.0. The van der Waals surface area contributed by atoms with E-state index in [1.165, 1.54) is 4.90 Å². The largest absolute Gasteiger partial charge is 0.363 e. The van der Waals surface area contributed by atoms with E-state index < -0.39 is 0 Å². The Balaban J connectivity index is 2.09. The van der Waals surface area contributed by atoms with Crippen molar-refractivity contribution in [3.8, 4) is 30.3 Å². The summed E-state index contributed by atoms with van der Waals surface area (Å²) in [6.45, 7) is 2.69. The van der Waals surface area contributed by atoms with Crippen molar-refractivity contribution in [1.82, 2.24) is 4.90 Å². The Labute approximate surface area is 161 Å². The lowest BCUT2D eigenvalue weighted by molar-refractivity contribution is 0.0812. The zero-order valence-electron chi connectivity index (χ0n) is 15.8. The predicted octanol–water partition coefficient (Wildman–Crippen LogP) is 3.06. The number of anilines is 1. The third-order valence-electron chi connectivity index (χ3n) is 4.10. The number of hydrogen-bond donors (Lipinski definition) is 0. The lowest BCUT2D eigenvalue weighted by Gasteiger charge is -2.16. The summed E-state index contributed by atoms with van der Waals surface area (Å²) in [6.07, 6.45) is 5.26. The Hall–Kier alpha value is -3.68. The van der Waals surface area contributed by atoms with Crippen molar-refractivity contribution >= 4 is 11.6 Å². The summed E-state index contributed by atoms with van der Waals surface area (Å²) < 4.78 is 0. The van der Waals surface area contributed by atoms with Crippen LogP contribution in [0.4, 0.5) is 5.69 Å². The molecule has 0 saturated heterocycles. The summed E-state index contributed by atoms with van der Waals surface area (Å²) in [5.74, 6) is 8.62. The normalized spacial score (nSPS) is 9.37. The smallest absolute Gasteiger partial charge is 0.254 e. The molecule has 27 heavy (non-hydrogen) atoms. The van der Waals surface area contributed by atoms with Gasteiger partial charge in [-0.05, 0) is 48.9 Å². The molecule has 0 aliphatic heterocycles. The molecule has 0 unspecified atom stereocenters. The Morgan fingerprint density at radius 1 is 1.11 bits per heavy atom. The first kappa shape index (κ1) is 19.6. The molecule has 0 spiro atoms. The zero-order chi connectivity index (χ0) is 19.8. The molecule has 0 radical (unpaired) electrons. The summed E-state index contributed by atoms with van der Waals surface area (Å²) in [4.78, 5) is 15.8. The van der Waals surface area contributed by atoms with Crippen molar-refractivity contribution in [2.45, 2.75) is 6.92 Å². The van der Waals surface area contributed by atoms with Crippen LogP contribution < -0.4 is 4.90 Å². The minimum Gasteiger partial charge on any atom is -0.363 e. The molecule has 0 aromatic heterocycles. The minimum absolute atomic E-state index is 0.0953. The number of carbonyl (C=O) groups is 1. The molecule has 2 aromatic rings. The molecule has 4 heteroatoms. The number of carbonyl (C=O) groups excluding carboxylic acids is 1. The van der Waals surface area contributed by atoms with Crippen molar-refractivity contribution in [1.29, 1.82) is 5.26 Å². The highest BCUT2D eigenvalue weighted by atomic mass is 16.2. The maximum atomic E-state index is 12.3. The molecule has 0 aliphatic carbocycles. The van der Waals surface area contributed by atoms with E-state index in [0.29, 0.717) is 17.7 Å². The van der Waals surface area contributed by atoms with Crippen LogP contribution in [0.15, 0.2) is 42.5 Å². The van der Waals surface area contributed by atoms with E-state index in [-0.39, 0.29) is 12.5 Å². The Bertz CT molecular complexity index is 983. The molecule has 0 N–H and O–H groups in total. The van der Waals surface area contributed by atoms with E-state index in [9.17, 15) is 4.79 Å². The maximum absolute atomic E-state index is 12.3. The highest BCUT2D eigenvalue weighted by Crippen LogP contribution is 2.14. The van der Waals surface area contributed by atoms with E-state index in [4.69, 9.17) is 11.7 Å². The van der Waals surface area contributed by atoms with E-state index in [0.717, 1.165) is 16.8 Å². The van der Waals surface area contributed by atoms with Crippen LogP contribution in [0.5, 0.6) is 0 Å². The van der Waals surface area contributed by atoms with Gasteiger partial charge in [-0.3, -0.25) is 4.79 Å². The lowest BCUT2D eigenvalue weighted by Crippen LogP contribution is -2.27. The molecular formula is C23H21N3O. The number of aryl methyl sites for hydroxylation is 1. The number of benzene rings is 2. The zero-order valence-corrected chi connectivity index (χ0v) is 15.8. The van der Waals surface area contributed by atoms with Crippen LogP contribution in [0.25, 0.3) is 0 Å². The van der Waals surface area contributed by atoms with Gasteiger partial charge in [-0.1, -0.05) is 23.8 Å². The van der Waals surface area contributed by atoms with E-state index in [2.05, 4.69) is 23.8 Å². The number of nitriles is 1. The quantitative estimate of drug-likeness (QED) is 0.792. The highest BCUT2D eigenvalue weighted by Gasteiger charge is 2.13. The molecule has 0 heterocycles. The van der Waals surface area contributed by atoms with Crippen molar-refractivity contribution in [2.75, 3.05) is 32.1 Å². The molecule has 2 aromatic carbocycles. The van der Waals surface area contributed by atoms with Gasteiger partial charge in [-0.15, -0.1) is 6.42 Å². The number of nitrogens with zero attached hydrogens (tertiary/aromatic N) is 3. The van der Waals surface area contributed by atoms with E-state index in [1.807, 2.05) is 49.2 Å². The van der Waals surface area contributed by atoms with Gasteiger partial charge < -0.3 is 9.80 Å². The van der Waals surface area contributed by atoms with Gasteiger partial charge in [0.05, 0.1) is 24.7 Å². The topological polar surface area (TPSA) is 47.3 Å². The van der Waals surface area contributed by atoms with Gasteiger partial charge in [0.1, 0.15) is 0 Å². The fraction of sp³-hybridized carbons (Fsp3) is 0.217. The van der Waals surface area contributed by atoms with Gasteiger partial charge in [-0.2, -0.15) is 5.26 Å². The van der Waals surface area contributed by atoms with Crippen LogP contribution >= 0.6 is 0 Å². The van der Waals surface area contributed by atoms with Crippen LogP contribution in [-0.2, 0) is 0 Å². The fourth-order valence-electron chi connectivity index (χ4n) is 2.56. The third-order valence-corrected chi connectivity index (χ3v) is 4.10. The van der Waals surface area contributed by atoms with Crippen LogP contribution in [0.2, 0.25) is 0 Å². The number of amides is 1. The first-order valence-corrected chi connectivity index (χ1v) is 8.46. The SMILES string of the molecule is C#CCN(C)C(=O)c1ccc(C#CCN(C)c2cccc(C#N)c2)cc1C. The Morgan fingerprint density at radius 2 is 1.89 bits per heavy atom. The molecule has 0 fully saturated rings. The maximum Gasteiger partial charge on any atom is 0.254 e. The summed E-state index contributed by atoms with van der Waals surface area (Å²) in [6, 6.07) is 15.1. The second kappa shape index (κ2) is 9.14. The molecule has 0 atom stereocenters. The molecule has 4 nitrogen and oxygen atoms in total. The van der Waals surface area contributed by atoms with E-state index in [1.54, 1.807) is 19.2 Å². The van der Waals surface area contributed by atoms with Gasteiger partial charge in [0.2, 0.25) is 0 Å². The van der Waals surface area contributed by atoms with Gasteiger partial charge in [-0.25, -0.2) is 0 Å². The second-order valence-corrected chi connectivity index (χ2v) is 6.22. The second-order valence-electron chi connectivity index (χ2n) is 6.22. The Morgan fingerprint density at radius 3 is 2.56 bits per heavy atom. The monoisotopic (exact) mass is 355 g/mol. The van der Waals surface area contributed by atoms with Crippen molar-refractivity contribution < 1.29 is 4.79 Å². The van der Waals surface area contributed by atoms with Crippen LogP contribution in [-0.4, -0.2) is 38.0 Å². The van der Waals surface area contributed by atoms with Crippen molar-refractivity contribution in [2.24, 2.45) is 0 Å². The summed E-state index contributed by atoms with van der Waals surface area (Å²) >= 11 is 0. The van der Waals surface area contributed by atoms with Crippen LogP contribution in [0.1, 0.15) is 27.0 Å². The van der Waals surface area contributed by atoms with Crippen LogP contribution in [0, 0.1) is 42.4 Å². The Kier molecular flexibility index (Phi) is 6.65. The highest BCUT2D eigenvalue weighted by molar-refractivity contribution is 5.95. The number of terminal acetylenes is 1. The summed E-state index contributed by atoms with van der Waals surface area (Å²) in [5.41, 5.74) is 3.91. The first-order valence-electron chi connectivity index (χ1n) is 8.46. The summed E-state index contributed by atoms with van der Waals surface area (Å²) in [7, 11) is 3.62. The average molecular weight is 355 g/mol. The molecular weight excluding hydrogens is 334 g/mol. The van der Waals surface area contributed by atoms with Crippen LogP contribution in [0.3, 0.4) is 0 Å². The fourth-order valence-corrected chi connectivity index (χ4v) is 2.56. The molecule has 1 amide bonds.